The molecule has 1 aliphatic heterocycles. The Hall–Kier alpha value is -2.75. The first-order valence-electron chi connectivity index (χ1n) is 10.9. The van der Waals surface area contributed by atoms with E-state index in [1.807, 2.05) is 38.4 Å². The number of hydrogen-bond donors (Lipinski definition) is 1. The zero-order chi connectivity index (χ0) is 24.0. The Morgan fingerprint density at radius 3 is 2.30 bits per heavy atom. The largest absolute Gasteiger partial charge is 0.465 e. The Morgan fingerprint density at radius 1 is 1.06 bits per heavy atom. The zero-order valence-corrected chi connectivity index (χ0v) is 20.1. The lowest BCUT2D eigenvalue weighted by molar-refractivity contribution is -0.120. The smallest absolute Gasteiger partial charge is 0.339 e. The SMILES string of the molecule is COC(=O)c1ccccc1S(=O)(=O)N1CCC(C(=O)Nc2ccc(CCN(C)C)cc2)CC1. The summed E-state index contributed by atoms with van der Waals surface area (Å²) in [6, 6.07) is 13.8. The number of benzene rings is 2. The van der Waals surface area contributed by atoms with Crippen LogP contribution in [0.1, 0.15) is 28.8 Å². The van der Waals surface area contributed by atoms with Crippen molar-refractivity contribution in [3.8, 4) is 0 Å². The number of anilines is 1. The van der Waals surface area contributed by atoms with E-state index < -0.39 is 16.0 Å². The van der Waals surface area contributed by atoms with E-state index in [-0.39, 0.29) is 35.4 Å². The molecule has 2 aromatic rings. The van der Waals surface area contributed by atoms with Gasteiger partial charge >= 0.3 is 5.97 Å². The van der Waals surface area contributed by atoms with Crippen LogP contribution >= 0.6 is 0 Å². The summed E-state index contributed by atoms with van der Waals surface area (Å²) >= 11 is 0. The number of likely N-dealkylation sites (N-methyl/N-ethyl adjacent to an activating group) is 1. The van der Waals surface area contributed by atoms with Gasteiger partial charge in [-0.05, 0) is 63.2 Å². The van der Waals surface area contributed by atoms with Gasteiger partial charge in [0.05, 0.1) is 17.6 Å². The fourth-order valence-corrected chi connectivity index (χ4v) is 5.47. The highest BCUT2D eigenvalue weighted by atomic mass is 32.2. The van der Waals surface area contributed by atoms with Crippen LogP contribution in [-0.2, 0) is 26.0 Å². The van der Waals surface area contributed by atoms with Crippen molar-refractivity contribution in [3.63, 3.8) is 0 Å². The van der Waals surface area contributed by atoms with E-state index in [0.29, 0.717) is 12.8 Å². The number of hydrogen-bond acceptors (Lipinski definition) is 6. The van der Waals surface area contributed by atoms with Gasteiger partial charge in [0, 0.05) is 31.2 Å². The number of carbonyl (C=O) groups is 2. The maximum atomic E-state index is 13.1. The standard InChI is InChI=1S/C24H31N3O5S/c1-26(2)15-12-18-8-10-20(11-9-18)25-23(28)19-13-16-27(17-14-19)33(30,31)22-7-5-4-6-21(22)24(29)32-3/h4-11,19H,12-17H2,1-3H3,(H,25,28). The van der Waals surface area contributed by atoms with Crippen molar-refractivity contribution < 1.29 is 22.7 Å². The first-order chi connectivity index (χ1) is 15.7. The molecule has 1 N–H and O–H groups in total. The minimum atomic E-state index is -3.87. The quantitative estimate of drug-likeness (QED) is 0.592. The van der Waals surface area contributed by atoms with Crippen LogP contribution in [0.25, 0.3) is 0 Å². The molecule has 0 spiro atoms. The van der Waals surface area contributed by atoms with Crippen molar-refractivity contribution in [2.45, 2.75) is 24.2 Å². The van der Waals surface area contributed by atoms with Gasteiger partial charge in [0.15, 0.2) is 0 Å². The van der Waals surface area contributed by atoms with Crippen molar-refractivity contribution in [1.82, 2.24) is 9.21 Å². The first-order valence-corrected chi connectivity index (χ1v) is 12.4. The highest BCUT2D eigenvalue weighted by molar-refractivity contribution is 7.89. The molecule has 9 heteroatoms. The van der Waals surface area contributed by atoms with Gasteiger partial charge in [-0.2, -0.15) is 4.31 Å². The van der Waals surface area contributed by atoms with E-state index in [1.54, 1.807) is 12.1 Å². The van der Waals surface area contributed by atoms with Gasteiger partial charge in [0.25, 0.3) is 0 Å². The monoisotopic (exact) mass is 473 g/mol. The molecule has 2 aromatic carbocycles. The Kier molecular flexibility index (Phi) is 8.23. The average Bonchev–Trinajstić information content (AvgIpc) is 2.83. The second kappa shape index (κ2) is 10.9. The molecule has 1 fully saturated rings. The summed E-state index contributed by atoms with van der Waals surface area (Å²) in [4.78, 5) is 26.8. The van der Waals surface area contributed by atoms with E-state index in [1.165, 1.54) is 29.1 Å². The predicted molar refractivity (Wildman–Crippen MR) is 127 cm³/mol. The van der Waals surface area contributed by atoms with Crippen molar-refractivity contribution >= 4 is 27.6 Å². The summed E-state index contributed by atoms with van der Waals surface area (Å²) in [5.41, 5.74) is 1.94. The summed E-state index contributed by atoms with van der Waals surface area (Å²) in [6.45, 7) is 1.37. The fraction of sp³-hybridized carbons (Fsp3) is 0.417. The second-order valence-corrected chi connectivity index (χ2v) is 10.3. The molecule has 1 amide bonds. The summed E-state index contributed by atoms with van der Waals surface area (Å²) < 4.78 is 32.3. The predicted octanol–water partition coefficient (Wildman–Crippen LogP) is 2.62. The van der Waals surface area contributed by atoms with E-state index in [0.717, 1.165) is 18.7 Å². The molecule has 0 unspecified atom stereocenters. The molecule has 0 atom stereocenters. The topological polar surface area (TPSA) is 96.0 Å². The molecular formula is C24H31N3O5S. The summed E-state index contributed by atoms with van der Waals surface area (Å²) in [5, 5.41) is 2.94. The van der Waals surface area contributed by atoms with Crippen molar-refractivity contribution in [2.75, 3.05) is 46.2 Å². The maximum Gasteiger partial charge on any atom is 0.339 e. The second-order valence-electron chi connectivity index (χ2n) is 8.41. The molecule has 0 aromatic heterocycles. The van der Waals surface area contributed by atoms with E-state index in [2.05, 4.69) is 10.2 Å². The number of esters is 1. The number of nitrogens with one attached hydrogen (secondary N) is 1. The number of rotatable bonds is 8. The molecule has 0 saturated carbocycles. The fourth-order valence-electron chi connectivity index (χ4n) is 3.82. The molecule has 1 heterocycles. The van der Waals surface area contributed by atoms with Gasteiger partial charge in [-0.3, -0.25) is 4.79 Å². The van der Waals surface area contributed by atoms with Crippen LogP contribution in [-0.4, -0.2) is 70.3 Å². The lowest BCUT2D eigenvalue weighted by atomic mass is 9.97. The van der Waals surface area contributed by atoms with Gasteiger partial charge in [-0.1, -0.05) is 24.3 Å². The molecule has 178 valence electrons. The molecule has 0 aliphatic carbocycles. The van der Waals surface area contributed by atoms with Crippen molar-refractivity contribution in [2.24, 2.45) is 5.92 Å². The molecular weight excluding hydrogens is 442 g/mol. The van der Waals surface area contributed by atoms with Gasteiger partial charge in [-0.25, -0.2) is 13.2 Å². The van der Waals surface area contributed by atoms with Gasteiger partial charge in [0.1, 0.15) is 0 Å². The number of carbonyl (C=O) groups excluding carboxylic acids is 2. The third-order valence-electron chi connectivity index (χ3n) is 5.80. The lowest BCUT2D eigenvalue weighted by Gasteiger charge is -2.31. The molecule has 1 saturated heterocycles. The average molecular weight is 474 g/mol. The van der Waals surface area contributed by atoms with Crippen LogP contribution in [0.4, 0.5) is 5.69 Å². The van der Waals surface area contributed by atoms with Gasteiger partial charge in [-0.15, -0.1) is 0 Å². The number of nitrogens with zero attached hydrogens (tertiary/aromatic N) is 2. The normalized spacial score (nSPS) is 15.4. The van der Waals surface area contributed by atoms with E-state index in [9.17, 15) is 18.0 Å². The number of ether oxygens (including phenoxy) is 1. The highest BCUT2D eigenvalue weighted by Crippen LogP contribution is 2.27. The Bertz CT molecular complexity index is 1080. The minimum Gasteiger partial charge on any atom is -0.465 e. The molecule has 0 bridgehead atoms. The molecule has 8 nitrogen and oxygen atoms in total. The van der Waals surface area contributed by atoms with E-state index in [4.69, 9.17) is 4.74 Å². The van der Waals surface area contributed by atoms with Crippen LogP contribution in [0.15, 0.2) is 53.4 Å². The number of sulfonamides is 1. The maximum absolute atomic E-state index is 13.1. The summed E-state index contributed by atoms with van der Waals surface area (Å²) in [7, 11) is 1.40. The van der Waals surface area contributed by atoms with Crippen LogP contribution < -0.4 is 5.32 Å². The van der Waals surface area contributed by atoms with Crippen molar-refractivity contribution in [3.05, 3.63) is 59.7 Å². The van der Waals surface area contributed by atoms with Crippen LogP contribution in [0.2, 0.25) is 0 Å². The summed E-state index contributed by atoms with van der Waals surface area (Å²) in [6.07, 6.45) is 1.76. The first kappa shape index (κ1) is 24.9. The molecule has 3 rings (SSSR count). The van der Waals surface area contributed by atoms with E-state index >= 15 is 0 Å². The molecule has 0 radical (unpaired) electrons. The molecule has 33 heavy (non-hydrogen) atoms. The van der Waals surface area contributed by atoms with Crippen LogP contribution in [0, 0.1) is 5.92 Å². The zero-order valence-electron chi connectivity index (χ0n) is 19.3. The van der Waals surface area contributed by atoms with Crippen molar-refractivity contribution in [1.29, 1.82) is 0 Å². The third-order valence-corrected chi connectivity index (χ3v) is 7.76. The minimum absolute atomic E-state index is 0.00824. The van der Waals surface area contributed by atoms with Gasteiger partial charge in [0.2, 0.25) is 15.9 Å². The van der Waals surface area contributed by atoms with Crippen LogP contribution in [0.3, 0.4) is 0 Å². The van der Waals surface area contributed by atoms with Crippen LogP contribution in [0.5, 0.6) is 0 Å². The Balaban J connectivity index is 1.59. The lowest BCUT2D eigenvalue weighted by Crippen LogP contribution is -2.41. The number of amides is 1. The highest BCUT2D eigenvalue weighted by Gasteiger charge is 2.34. The number of piperidine rings is 1. The Labute approximate surface area is 195 Å². The third kappa shape index (κ3) is 6.19. The summed E-state index contributed by atoms with van der Waals surface area (Å²) in [5.74, 6) is -1.08. The van der Waals surface area contributed by atoms with Gasteiger partial charge < -0.3 is 15.0 Å². The molecule has 1 aliphatic rings. The number of methoxy groups -OCH3 is 1. The Morgan fingerprint density at radius 2 is 1.70 bits per heavy atom.